The molecule has 20 heavy (non-hydrogen) atoms. The second-order valence-corrected chi connectivity index (χ2v) is 6.07. The zero-order valence-corrected chi connectivity index (χ0v) is 13.3. The van der Waals surface area contributed by atoms with Gasteiger partial charge in [-0.05, 0) is 27.7 Å². The quantitative estimate of drug-likeness (QED) is 0.465. The lowest BCUT2D eigenvalue weighted by atomic mass is 10.0. The van der Waals surface area contributed by atoms with Crippen molar-refractivity contribution in [2.45, 2.75) is 44.4 Å². The van der Waals surface area contributed by atoms with Gasteiger partial charge in [0.15, 0.2) is 5.16 Å². The first-order chi connectivity index (χ1) is 9.26. The molecule has 0 aromatic carbocycles. The SMILES string of the molecule is COC(=O)C(C)(CSc1nc(C)cc(=O)[nH]1)NC(C)C. The fourth-order valence-corrected chi connectivity index (χ4v) is 2.86. The number of methoxy groups -OCH3 is 1. The number of aromatic nitrogens is 2. The molecule has 1 unspecified atom stereocenters. The summed E-state index contributed by atoms with van der Waals surface area (Å²) in [6.07, 6.45) is 0. The van der Waals surface area contributed by atoms with Crippen molar-refractivity contribution in [3.63, 3.8) is 0 Å². The molecule has 6 nitrogen and oxygen atoms in total. The normalized spacial score (nSPS) is 14.1. The zero-order valence-electron chi connectivity index (χ0n) is 12.4. The maximum absolute atomic E-state index is 11.9. The summed E-state index contributed by atoms with van der Waals surface area (Å²) in [6, 6.07) is 1.56. The molecule has 0 fully saturated rings. The highest BCUT2D eigenvalue weighted by Crippen LogP contribution is 2.20. The number of esters is 1. The largest absolute Gasteiger partial charge is 0.468 e. The molecule has 0 saturated heterocycles. The number of carbonyl (C=O) groups is 1. The fourth-order valence-electron chi connectivity index (χ4n) is 1.85. The van der Waals surface area contributed by atoms with Crippen LogP contribution in [0, 0.1) is 6.92 Å². The molecule has 1 atom stereocenters. The Hall–Kier alpha value is -1.34. The van der Waals surface area contributed by atoms with Crippen molar-refractivity contribution in [2.75, 3.05) is 12.9 Å². The number of hydrogen-bond acceptors (Lipinski definition) is 6. The first-order valence-electron chi connectivity index (χ1n) is 6.33. The molecule has 0 bridgehead atoms. The van der Waals surface area contributed by atoms with Gasteiger partial charge in [-0.15, -0.1) is 0 Å². The summed E-state index contributed by atoms with van der Waals surface area (Å²) in [6.45, 7) is 7.45. The van der Waals surface area contributed by atoms with E-state index in [-0.39, 0.29) is 17.6 Å². The fraction of sp³-hybridized carbons (Fsp3) is 0.615. The number of nitrogens with one attached hydrogen (secondary N) is 2. The average molecular weight is 299 g/mol. The van der Waals surface area contributed by atoms with Crippen LogP contribution in [0.15, 0.2) is 16.0 Å². The molecule has 0 aliphatic heterocycles. The van der Waals surface area contributed by atoms with Crippen LogP contribution in [0.5, 0.6) is 0 Å². The number of hydrogen-bond donors (Lipinski definition) is 2. The van der Waals surface area contributed by atoms with E-state index in [1.165, 1.54) is 24.9 Å². The minimum absolute atomic E-state index is 0.129. The van der Waals surface area contributed by atoms with Gasteiger partial charge in [-0.1, -0.05) is 11.8 Å². The number of nitrogens with zero attached hydrogens (tertiary/aromatic N) is 1. The summed E-state index contributed by atoms with van der Waals surface area (Å²) in [5, 5.41) is 3.69. The van der Waals surface area contributed by atoms with Gasteiger partial charge in [0.1, 0.15) is 5.54 Å². The molecule has 112 valence electrons. The highest BCUT2D eigenvalue weighted by Gasteiger charge is 2.35. The minimum atomic E-state index is -0.837. The van der Waals surface area contributed by atoms with Crippen molar-refractivity contribution in [3.05, 3.63) is 22.1 Å². The van der Waals surface area contributed by atoms with Gasteiger partial charge in [0.05, 0.1) is 7.11 Å². The molecular weight excluding hydrogens is 278 g/mol. The average Bonchev–Trinajstić information content (AvgIpc) is 2.33. The Morgan fingerprint density at radius 3 is 2.75 bits per heavy atom. The first-order valence-corrected chi connectivity index (χ1v) is 7.32. The second kappa shape index (κ2) is 6.90. The number of aryl methyl sites for hydroxylation is 1. The van der Waals surface area contributed by atoms with Crippen LogP contribution in [0.1, 0.15) is 26.5 Å². The second-order valence-electron chi connectivity index (χ2n) is 5.10. The van der Waals surface area contributed by atoms with Crippen molar-refractivity contribution in [1.29, 1.82) is 0 Å². The summed E-state index contributed by atoms with van der Waals surface area (Å²) in [7, 11) is 1.36. The predicted octanol–water partition coefficient (Wildman–Crippen LogP) is 1.10. The van der Waals surface area contributed by atoms with Crippen LogP contribution >= 0.6 is 11.8 Å². The third-order valence-electron chi connectivity index (χ3n) is 2.59. The highest BCUT2D eigenvalue weighted by atomic mass is 32.2. The van der Waals surface area contributed by atoms with E-state index >= 15 is 0 Å². The molecule has 1 heterocycles. The highest BCUT2D eigenvalue weighted by molar-refractivity contribution is 7.99. The number of rotatable bonds is 6. The number of ether oxygens (including phenoxy) is 1. The summed E-state index contributed by atoms with van der Waals surface area (Å²) in [5.74, 6) is 0.0678. The lowest BCUT2D eigenvalue weighted by Crippen LogP contribution is -2.54. The molecule has 0 saturated carbocycles. The molecule has 0 aliphatic rings. The van der Waals surface area contributed by atoms with E-state index in [1.807, 2.05) is 13.8 Å². The van der Waals surface area contributed by atoms with Crippen molar-refractivity contribution in [1.82, 2.24) is 15.3 Å². The monoisotopic (exact) mass is 299 g/mol. The molecule has 0 amide bonds. The zero-order chi connectivity index (χ0) is 15.3. The molecular formula is C13H21N3O3S. The Bertz CT molecular complexity index is 530. The Labute approximate surface area is 122 Å². The molecule has 2 N–H and O–H groups in total. The van der Waals surface area contributed by atoms with Gasteiger partial charge >= 0.3 is 5.97 Å². The molecule has 7 heteroatoms. The van der Waals surface area contributed by atoms with Crippen LogP contribution in [0.2, 0.25) is 0 Å². The lowest BCUT2D eigenvalue weighted by Gasteiger charge is -2.29. The van der Waals surface area contributed by atoms with Crippen molar-refractivity contribution in [2.24, 2.45) is 0 Å². The van der Waals surface area contributed by atoms with Crippen LogP contribution in [-0.4, -0.2) is 40.4 Å². The summed E-state index contributed by atoms with van der Waals surface area (Å²) in [4.78, 5) is 30.2. The summed E-state index contributed by atoms with van der Waals surface area (Å²) < 4.78 is 4.85. The Kier molecular flexibility index (Phi) is 5.76. The van der Waals surface area contributed by atoms with Gasteiger partial charge in [0.25, 0.3) is 5.56 Å². The third-order valence-corrected chi connectivity index (χ3v) is 3.78. The van der Waals surface area contributed by atoms with E-state index in [4.69, 9.17) is 4.74 Å². The van der Waals surface area contributed by atoms with Gasteiger partial charge in [-0.2, -0.15) is 0 Å². The molecule has 0 radical (unpaired) electrons. The first kappa shape index (κ1) is 16.7. The summed E-state index contributed by atoms with van der Waals surface area (Å²) >= 11 is 1.31. The summed E-state index contributed by atoms with van der Waals surface area (Å²) in [5.41, 5.74) is -0.389. The van der Waals surface area contributed by atoms with E-state index in [0.717, 1.165) is 0 Å². The van der Waals surface area contributed by atoms with E-state index in [0.29, 0.717) is 16.6 Å². The van der Waals surface area contributed by atoms with Crippen molar-refractivity contribution in [3.8, 4) is 0 Å². The van der Waals surface area contributed by atoms with E-state index < -0.39 is 5.54 Å². The number of H-pyrrole nitrogens is 1. The van der Waals surface area contributed by atoms with E-state index in [2.05, 4.69) is 15.3 Å². The molecule has 1 rings (SSSR count). The molecule has 1 aromatic heterocycles. The number of aromatic amines is 1. The molecule has 0 aliphatic carbocycles. The maximum Gasteiger partial charge on any atom is 0.326 e. The van der Waals surface area contributed by atoms with Crippen LogP contribution in [-0.2, 0) is 9.53 Å². The standard InChI is InChI=1S/C13H21N3O3S/c1-8(2)16-13(4,11(18)19-5)7-20-12-14-9(3)6-10(17)15-12/h6,8,16H,7H2,1-5H3,(H,14,15,17). The lowest BCUT2D eigenvalue weighted by molar-refractivity contribution is -0.147. The Morgan fingerprint density at radius 2 is 2.25 bits per heavy atom. The van der Waals surface area contributed by atoms with Crippen LogP contribution in [0.25, 0.3) is 0 Å². The Morgan fingerprint density at radius 1 is 1.60 bits per heavy atom. The van der Waals surface area contributed by atoms with Gasteiger partial charge in [0.2, 0.25) is 0 Å². The maximum atomic E-state index is 11.9. The van der Waals surface area contributed by atoms with Crippen LogP contribution in [0.3, 0.4) is 0 Å². The predicted molar refractivity (Wildman–Crippen MR) is 79.0 cm³/mol. The third kappa shape index (κ3) is 4.64. The Balaban J connectivity index is 2.85. The topological polar surface area (TPSA) is 84.1 Å². The van der Waals surface area contributed by atoms with Crippen LogP contribution < -0.4 is 10.9 Å². The smallest absolute Gasteiger partial charge is 0.326 e. The minimum Gasteiger partial charge on any atom is -0.468 e. The van der Waals surface area contributed by atoms with E-state index in [1.54, 1.807) is 13.8 Å². The van der Waals surface area contributed by atoms with Gasteiger partial charge in [0, 0.05) is 23.6 Å². The van der Waals surface area contributed by atoms with Crippen LogP contribution in [0.4, 0.5) is 0 Å². The molecule has 0 spiro atoms. The molecule has 1 aromatic rings. The van der Waals surface area contributed by atoms with Crippen molar-refractivity contribution >= 4 is 17.7 Å². The van der Waals surface area contributed by atoms with Gasteiger partial charge < -0.3 is 9.72 Å². The number of carbonyl (C=O) groups excluding carboxylic acids is 1. The van der Waals surface area contributed by atoms with Gasteiger partial charge in [-0.25, -0.2) is 4.98 Å². The van der Waals surface area contributed by atoms with Crippen molar-refractivity contribution < 1.29 is 9.53 Å². The van der Waals surface area contributed by atoms with Gasteiger partial charge in [-0.3, -0.25) is 14.9 Å². The van der Waals surface area contributed by atoms with E-state index in [9.17, 15) is 9.59 Å². The number of thioether (sulfide) groups is 1.